The monoisotopic (exact) mass is 357 g/mol. The van der Waals surface area contributed by atoms with Gasteiger partial charge in [-0.25, -0.2) is 0 Å². The third-order valence-corrected chi connectivity index (χ3v) is 5.72. The Morgan fingerprint density at radius 2 is 2.19 bits per heavy atom. The normalized spacial score (nSPS) is 30.5. The molecule has 140 valence electrons. The number of rotatable bonds is 6. The van der Waals surface area contributed by atoms with Crippen LogP contribution in [-0.4, -0.2) is 60.4 Å². The first-order chi connectivity index (χ1) is 12.7. The molecule has 0 spiro atoms. The third kappa shape index (κ3) is 3.49. The van der Waals surface area contributed by atoms with Crippen LogP contribution < -0.4 is 10.1 Å². The molecule has 2 saturated heterocycles. The highest BCUT2D eigenvalue weighted by molar-refractivity contribution is 5.82. The van der Waals surface area contributed by atoms with Gasteiger partial charge in [0.05, 0.1) is 6.54 Å². The number of ether oxygens (including phenoxy) is 1. The predicted molar refractivity (Wildman–Crippen MR) is 99.3 cm³/mol. The lowest BCUT2D eigenvalue weighted by Gasteiger charge is -2.36. The number of nitrogens with one attached hydrogen (secondary N) is 1. The van der Waals surface area contributed by atoms with E-state index in [9.17, 15) is 10.0 Å². The number of hydrogen-bond acceptors (Lipinski definition) is 4. The van der Waals surface area contributed by atoms with Crippen molar-refractivity contribution in [3.05, 3.63) is 47.2 Å². The number of hydrogen-bond donors (Lipinski definition) is 1. The number of para-hydroxylation sites is 1. The van der Waals surface area contributed by atoms with Crippen molar-refractivity contribution in [2.75, 3.05) is 32.8 Å². The SMILES string of the molecule is O=C1C2CCC[N+]2([O-])CN1C/C=C\CNCC1CCc2ccccc2O1. The summed E-state index contributed by atoms with van der Waals surface area (Å²) in [5, 5.41) is 15.9. The summed E-state index contributed by atoms with van der Waals surface area (Å²) in [5.74, 6) is 1.04. The van der Waals surface area contributed by atoms with E-state index in [-0.39, 0.29) is 22.7 Å². The summed E-state index contributed by atoms with van der Waals surface area (Å²) in [6.45, 7) is 2.99. The van der Waals surface area contributed by atoms with Crippen LogP contribution in [0, 0.1) is 5.21 Å². The van der Waals surface area contributed by atoms with Crippen molar-refractivity contribution in [1.82, 2.24) is 10.2 Å². The maximum atomic E-state index is 12.5. The molecule has 3 unspecified atom stereocenters. The van der Waals surface area contributed by atoms with Crippen molar-refractivity contribution in [3.63, 3.8) is 0 Å². The molecule has 1 aromatic carbocycles. The Balaban J connectivity index is 1.16. The Hall–Kier alpha value is -1.89. The van der Waals surface area contributed by atoms with Gasteiger partial charge in [-0.05, 0) is 24.5 Å². The molecule has 1 aromatic rings. The highest BCUT2D eigenvalue weighted by Gasteiger charge is 2.49. The molecule has 3 aliphatic rings. The first-order valence-corrected chi connectivity index (χ1v) is 9.62. The highest BCUT2D eigenvalue weighted by Crippen LogP contribution is 2.33. The molecule has 0 bridgehead atoms. The lowest BCUT2D eigenvalue weighted by atomic mass is 10.0. The summed E-state index contributed by atoms with van der Waals surface area (Å²) in [6.07, 6.45) is 7.93. The van der Waals surface area contributed by atoms with Crippen LogP contribution >= 0.6 is 0 Å². The number of fused-ring (bicyclic) bond motifs is 2. The van der Waals surface area contributed by atoms with Gasteiger partial charge in [0.15, 0.2) is 12.7 Å². The molecule has 3 aliphatic heterocycles. The minimum atomic E-state index is -0.340. The van der Waals surface area contributed by atoms with Gasteiger partial charge in [-0.1, -0.05) is 30.4 Å². The topological polar surface area (TPSA) is 64.6 Å². The molecule has 0 aliphatic carbocycles. The Labute approximate surface area is 154 Å². The molecule has 2 fully saturated rings. The van der Waals surface area contributed by atoms with Gasteiger partial charge >= 0.3 is 0 Å². The number of amides is 1. The Kier molecular flexibility index (Phi) is 4.98. The fraction of sp³-hybridized carbons (Fsp3) is 0.550. The van der Waals surface area contributed by atoms with Crippen LogP contribution in [-0.2, 0) is 11.2 Å². The second-order valence-electron chi connectivity index (χ2n) is 7.55. The summed E-state index contributed by atoms with van der Waals surface area (Å²) in [4.78, 5) is 14.0. The van der Waals surface area contributed by atoms with Gasteiger partial charge in [-0.15, -0.1) is 0 Å². The average Bonchev–Trinajstić information content (AvgIpc) is 3.14. The lowest BCUT2D eigenvalue weighted by molar-refractivity contribution is -0.880. The first kappa shape index (κ1) is 17.5. The lowest BCUT2D eigenvalue weighted by Crippen LogP contribution is -2.43. The Bertz CT molecular complexity index is 693. The van der Waals surface area contributed by atoms with E-state index in [1.54, 1.807) is 4.90 Å². The Morgan fingerprint density at radius 1 is 1.31 bits per heavy atom. The first-order valence-electron chi connectivity index (χ1n) is 9.62. The van der Waals surface area contributed by atoms with E-state index in [4.69, 9.17) is 4.74 Å². The van der Waals surface area contributed by atoms with Crippen molar-refractivity contribution in [2.24, 2.45) is 0 Å². The van der Waals surface area contributed by atoms with E-state index in [0.717, 1.165) is 44.5 Å². The predicted octanol–water partition coefficient (Wildman–Crippen LogP) is 1.80. The number of benzene rings is 1. The van der Waals surface area contributed by atoms with Crippen molar-refractivity contribution >= 4 is 5.91 Å². The standard InChI is InChI=1S/C20H27N3O3/c24-20-18-7-5-13-23(18,25)15-22(20)12-4-3-11-21-14-17-10-9-16-6-1-2-8-19(16)26-17/h1-4,6,8,17-18,21H,5,7,9-15H2/b4-3-. The fourth-order valence-electron chi connectivity index (χ4n) is 4.29. The number of carbonyl (C=O) groups is 1. The van der Waals surface area contributed by atoms with E-state index in [1.807, 2.05) is 24.3 Å². The van der Waals surface area contributed by atoms with Gasteiger partial charge in [0, 0.05) is 32.5 Å². The average molecular weight is 357 g/mol. The third-order valence-electron chi connectivity index (χ3n) is 5.72. The van der Waals surface area contributed by atoms with Gasteiger partial charge in [0.2, 0.25) is 0 Å². The smallest absolute Gasteiger partial charge is 0.285 e. The van der Waals surface area contributed by atoms with E-state index >= 15 is 0 Å². The van der Waals surface area contributed by atoms with Crippen LogP contribution in [0.3, 0.4) is 0 Å². The quantitative estimate of drug-likeness (QED) is 0.365. The van der Waals surface area contributed by atoms with Crippen molar-refractivity contribution in [1.29, 1.82) is 0 Å². The van der Waals surface area contributed by atoms with E-state index < -0.39 is 0 Å². The molecule has 3 heterocycles. The Morgan fingerprint density at radius 3 is 3.08 bits per heavy atom. The molecule has 6 nitrogen and oxygen atoms in total. The van der Waals surface area contributed by atoms with Crippen LogP contribution in [0.2, 0.25) is 0 Å². The number of aryl methyl sites for hydroxylation is 1. The maximum Gasteiger partial charge on any atom is 0.285 e. The molecule has 0 saturated carbocycles. The minimum absolute atomic E-state index is 0.0318. The van der Waals surface area contributed by atoms with E-state index in [2.05, 4.69) is 17.4 Å². The number of quaternary nitrogens is 1. The van der Waals surface area contributed by atoms with Gasteiger partial charge < -0.3 is 19.9 Å². The summed E-state index contributed by atoms with van der Waals surface area (Å²) in [7, 11) is 0. The summed E-state index contributed by atoms with van der Waals surface area (Å²) < 4.78 is 5.68. The molecule has 4 rings (SSSR count). The van der Waals surface area contributed by atoms with Crippen LogP contribution in [0.15, 0.2) is 36.4 Å². The number of hydroxylamine groups is 3. The maximum absolute atomic E-state index is 12.5. The van der Waals surface area contributed by atoms with Crippen molar-refractivity contribution in [3.8, 4) is 5.75 Å². The van der Waals surface area contributed by atoms with Crippen LogP contribution in [0.1, 0.15) is 24.8 Å². The number of nitrogens with zero attached hydrogens (tertiary/aromatic N) is 2. The largest absolute Gasteiger partial charge is 0.631 e. The summed E-state index contributed by atoms with van der Waals surface area (Å²) in [5.41, 5.74) is 1.29. The molecule has 0 radical (unpaired) electrons. The van der Waals surface area contributed by atoms with Crippen molar-refractivity contribution in [2.45, 2.75) is 37.8 Å². The summed E-state index contributed by atoms with van der Waals surface area (Å²) in [6, 6.07) is 7.88. The van der Waals surface area contributed by atoms with Crippen LogP contribution in [0.5, 0.6) is 5.75 Å². The number of carbonyl (C=O) groups excluding carboxylic acids is 1. The fourth-order valence-corrected chi connectivity index (χ4v) is 4.29. The summed E-state index contributed by atoms with van der Waals surface area (Å²) >= 11 is 0. The van der Waals surface area contributed by atoms with E-state index in [1.165, 1.54) is 5.56 Å². The molecule has 3 atom stereocenters. The highest BCUT2D eigenvalue weighted by atomic mass is 16.6. The molecular weight excluding hydrogens is 330 g/mol. The van der Waals surface area contributed by atoms with Crippen LogP contribution in [0.4, 0.5) is 0 Å². The molecule has 26 heavy (non-hydrogen) atoms. The zero-order valence-electron chi connectivity index (χ0n) is 15.1. The molecule has 0 aromatic heterocycles. The second-order valence-corrected chi connectivity index (χ2v) is 7.55. The minimum Gasteiger partial charge on any atom is -0.631 e. The molecule has 6 heteroatoms. The zero-order valence-corrected chi connectivity index (χ0v) is 15.1. The molecule has 1 N–H and O–H groups in total. The zero-order chi connectivity index (χ0) is 18.0. The van der Waals surface area contributed by atoms with E-state index in [0.29, 0.717) is 19.8 Å². The van der Waals surface area contributed by atoms with Crippen LogP contribution in [0.25, 0.3) is 0 Å². The van der Waals surface area contributed by atoms with Gasteiger partial charge in [0.25, 0.3) is 5.91 Å². The van der Waals surface area contributed by atoms with Gasteiger partial charge in [-0.2, -0.15) is 0 Å². The molecule has 1 amide bonds. The van der Waals surface area contributed by atoms with Gasteiger partial charge in [-0.3, -0.25) is 9.69 Å². The molecular formula is C20H27N3O3. The van der Waals surface area contributed by atoms with Gasteiger partial charge in [0.1, 0.15) is 11.9 Å². The second kappa shape index (κ2) is 7.39. The van der Waals surface area contributed by atoms with Crippen molar-refractivity contribution < 1.29 is 14.2 Å².